The number of carbonyl (C=O) groups excluding carboxylic acids is 1. The molecule has 1 heterocycles. The molecule has 0 amide bonds. The first kappa shape index (κ1) is 9.84. The van der Waals surface area contributed by atoms with E-state index in [9.17, 15) is 4.79 Å². The number of aromatic nitrogens is 2. The largest absolute Gasteiger partial charge is 0.292 e. The maximum Gasteiger partial charge on any atom is 0.181 e. The Labute approximate surface area is 78.2 Å². The van der Waals surface area contributed by atoms with Gasteiger partial charge in [-0.3, -0.25) is 4.79 Å². The van der Waals surface area contributed by atoms with Gasteiger partial charge in [0, 0.05) is 12.1 Å². The fourth-order valence-electron chi connectivity index (χ4n) is 1.08. The van der Waals surface area contributed by atoms with Crippen LogP contribution in [0.3, 0.4) is 0 Å². The van der Waals surface area contributed by atoms with Crippen molar-refractivity contribution in [3.05, 3.63) is 23.8 Å². The average molecular weight is 178 g/mol. The van der Waals surface area contributed by atoms with Crippen LogP contribution in [0, 0.1) is 12.8 Å². The second-order valence-corrected chi connectivity index (χ2v) is 3.57. The molecule has 0 saturated heterocycles. The zero-order chi connectivity index (χ0) is 9.84. The van der Waals surface area contributed by atoms with Crippen LogP contribution in [0.4, 0.5) is 0 Å². The first-order valence-corrected chi connectivity index (χ1v) is 4.41. The molecule has 0 aliphatic heterocycles. The van der Waals surface area contributed by atoms with E-state index < -0.39 is 0 Å². The molecule has 0 saturated carbocycles. The highest BCUT2D eigenvalue weighted by Gasteiger charge is 2.09. The van der Waals surface area contributed by atoms with Crippen LogP contribution in [0.2, 0.25) is 0 Å². The third kappa shape index (κ3) is 2.93. The fraction of sp³-hybridized carbons (Fsp3) is 0.500. The summed E-state index contributed by atoms with van der Waals surface area (Å²) in [4.78, 5) is 19.4. The van der Waals surface area contributed by atoms with E-state index >= 15 is 0 Å². The Bertz CT molecular complexity index is 308. The molecule has 1 aromatic heterocycles. The van der Waals surface area contributed by atoms with Crippen molar-refractivity contribution in [2.24, 2.45) is 5.92 Å². The van der Waals surface area contributed by atoms with E-state index in [1.54, 1.807) is 6.07 Å². The molecule has 0 aliphatic rings. The molecule has 0 unspecified atom stereocenters. The van der Waals surface area contributed by atoms with Crippen molar-refractivity contribution in [3.8, 4) is 0 Å². The highest BCUT2D eigenvalue weighted by atomic mass is 16.1. The molecular weight excluding hydrogens is 164 g/mol. The lowest BCUT2D eigenvalue weighted by Crippen LogP contribution is -2.06. The monoisotopic (exact) mass is 178 g/mol. The molecule has 3 heteroatoms. The predicted octanol–water partition coefficient (Wildman–Crippen LogP) is 2.01. The maximum atomic E-state index is 11.5. The SMILES string of the molecule is Cc1cc(C(=O)CC(C)C)ncn1. The molecule has 0 atom stereocenters. The lowest BCUT2D eigenvalue weighted by molar-refractivity contribution is 0.0962. The number of carbonyl (C=O) groups is 1. The highest BCUT2D eigenvalue weighted by Crippen LogP contribution is 2.07. The third-order valence-corrected chi connectivity index (χ3v) is 1.68. The lowest BCUT2D eigenvalue weighted by Gasteiger charge is -2.02. The van der Waals surface area contributed by atoms with Crippen LogP contribution in [-0.2, 0) is 0 Å². The average Bonchev–Trinajstić information content (AvgIpc) is 2.03. The Kier molecular flexibility index (Phi) is 3.12. The van der Waals surface area contributed by atoms with Crippen LogP contribution in [0.25, 0.3) is 0 Å². The molecule has 0 fully saturated rings. The number of nitrogens with zero attached hydrogens (tertiary/aromatic N) is 2. The van der Waals surface area contributed by atoms with Crippen molar-refractivity contribution in [1.82, 2.24) is 9.97 Å². The minimum Gasteiger partial charge on any atom is -0.292 e. The molecule has 1 rings (SSSR count). The maximum absolute atomic E-state index is 11.5. The number of Topliss-reactive ketones (excluding diaryl/α,β-unsaturated/α-hetero) is 1. The third-order valence-electron chi connectivity index (χ3n) is 1.68. The zero-order valence-electron chi connectivity index (χ0n) is 8.24. The van der Waals surface area contributed by atoms with E-state index in [-0.39, 0.29) is 5.78 Å². The minimum atomic E-state index is 0.0977. The molecule has 0 aliphatic carbocycles. The Morgan fingerprint density at radius 3 is 2.69 bits per heavy atom. The summed E-state index contributed by atoms with van der Waals surface area (Å²) in [7, 11) is 0. The van der Waals surface area contributed by atoms with Crippen molar-refractivity contribution in [1.29, 1.82) is 0 Å². The molecule has 0 spiro atoms. The smallest absolute Gasteiger partial charge is 0.181 e. The van der Waals surface area contributed by atoms with Gasteiger partial charge in [-0.25, -0.2) is 9.97 Å². The van der Waals surface area contributed by atoms with Crippen LogP contribution < -0.4 is 0 Å². The number of hydrogen-bond donors (Lipinski definition) is 0. The van der Waals surface area contributed by atoms with Gasteiger partial charge < -0.3 is 0 Å². The molecule has 13 heavy (non-hydrogen) atoms. The van der Waals surface area contributed by atoms with Gasteiger partial charge >= 0.3 is 0 Å². The van der Waals surface area contributed by atoms with E-state index in [0.717, 1.165) is 5.69 Å². The topological polar surface area (TPSA) is 42.9 Å². The molecule has 0 radical (unpaired) electrons. The van der Waals surface area contributed by atoms with E-state index in [4.69, 9.17) is 0 Å². The van der Waals surface area contributed by atoms with Crippen LogP contribution in [0.15, 0.2) is 12.4 Å². The van der Waals surface area contributed by atoms with Crippen LogP contribution in [0.5, 0.6) is 0 Å². The Balaban J connectivity index is 2.77. The van der Waals surface area contributed by atoms with Crippen molar-refractivity contribution >= 4 is 5.78 Å². The van der Waals surface area contributed by atoms with Gasteiger partial charge in [0.2, 0.25) is 0 Å². The van der Waals surface area contributed by atoms with E-state index in [2.05, 4.69) is 9.97 Å². The molecule has 0 bridgehead atoms. The first-order chi connectivity index (χ1) is 6.09. The zero-order valence-corrected chi connectivity index (χ0v) is 8.24. The second kappa shape index (κ2) is 4.12. The van der Waals surface area contributed by atoms with Gasteiger partial charge in [0.05, 0.1) is 0 Å². The van der Waals surface area contributed by atoms with Crippen LogP contribution in [-0.4, -0.2) is 15.8 Å². The Hall–Kier alpha value is -1.25. The van der Waals surface area contributed by atoms with Crippen LogP contribution in [0.1, 0.15) is 36.5 Å². The molecule has 70 valence electrons. The van der Waals surface area contributed by atoms with Crippen molar-refractivity contribution in [3.63, 3.8) is 0 Å². The summed E-state index contributed by atoms with van der Waals surface area (Å²) in [5, 5.41) is 0. The number of hydrogen-bond acceptors (Lipinski definition) is 3. The molecule has 3 nitrogen and oxygen atoms in total. The Morgan fingerprint density at radius 2 is 2.15 bits per heavy atom. The van der Waals surface area contributed by atoms with Gasteiger partial charge in [-0.1, -0.05) is 13.8 Å². The van der Waals surface area contributed by atoms with Crippen molar-refractivity contribution in [2.75, 3.05) is 0 Å². The van der Waals surface area contributed by atoms with Gasteiger partial charge in [0.1, 0.15) is 12.0 Å². The van der Waals surface area contributed by atoms with E-state index in [1.165, 1.54) is 6.33 Å². The molecular formula is C10H14N2O. The minimum absolute atomic E-state index is 0.0977. The summed E-state index contributed by atoms with van der Waals surface area (Å²) in [6.45, 7) is 5.89. The summed E-state index contributed by atoms with van der Waals surface area (Å²) in [6, 6.07) is 1.73. The quantitative estimate of drug-likeness (QED) is 0.665. The molecule has 1 aromatic rings. The van der Waals surface area contributed by atoms with Gasteiger partial charge in [-0.2, -0.15) is 0 Å². The van der Waals surface area contributed by atoms with Gasteiger partial charge in [0.25, 0.3) is 0 Å². The summed E-state index contributed by atoms with van der Waals surface area (Å²) in [6.07, 6.45) is 1.99. The van der Waals surface area contributed by atoms with Crippen LogP contribution >= 0.6 is 0 Å². The van der Waals surface area contributed by atoms with Gasteiger partial charge in [-0.05, 0) is 18.9 Å². The summed E-state index contributed by atoms with van der Waals surface area (Å²) in [5.74, 6) is 0.475. The first-order valence-electron chi connectivity index (χ1n) is 4.41. The standard InChI is InChI=1S/C10H14N2O/c1-7(2)4-10(13)9-5-8(3)11-6-12-9/h5-7H,4H2,1-3H3. The fourth-order valence-corrected chi connectivity index (χ4v) is 1.08. The van der Waals surface area contributed by atoms with E-state index in [0.29, 0.717) is 18.0 Å². The predicted molar refractivity (Wildman–Crippen MR) is 50.6 cm³/mol. The number of ketones is 1. The summed E-state index contributed by atoms with van der Waals surface area (Å²) in [5.41, 5.74) is 1.36. The van der Waals surface area contributed by atoms with Crippen molar-refractivity contribution in [2.45, 2.75) is 27.2 Å². The summed E-state index contributed by atoms with van der Waals surface area (Å²) >= 11 is 0. The number of rotatable bonds is 3. The molecule has 0 N–H and O–H groups in total. The normalized spacial score (nSPS) is 10.5. The second-order valence-electron chi connectivity index (χ2n) is 3.57. The van der Waals surface area contributed by atoms with Gasteiger partial charge in [-0.15, -0.1) is 0 Å². The number of aryl methyl sites for hydroxylation is 1. The highest BCUT2D eigenvalue weighted by molar-refractivity contribution is 5.94. The lowest BCUT2D eigenvalue weighted by atomic mass is 10.0. The van der Waals surface area contributed by atoms with E-state index in [1.807, 2.05) is 20.8 Å². The van der Waals surface area contributed by atoms with Gasteiger partial charge in [0.15, 0.2) is 5.78 Å². The summed E-state index contributed by atoms with van der Waals surface area (Å²) < 4.78 is 0. The van der Waals surface area contributed by atoms with Crippen molar-refractivity contribution < 1.29 is 4.79 Å². The molecule has 0 aromatic carbocycles. The Morgan fingerprint density at radius 1 is 1.46 bits per heavy atom.